The van der Waals surface area contributed by atoms with Crippen LogP contribution in [0.25, 0.3) is 0 Å². The second-order valence-electron chi connectivity index (χ2n) is 8.09. The fourth-order valence-electron chi connectivity index (χ4n) is 4.15. The summed E-state index contributed by atoms with van der Waals surface area (Å²) in [6.45, 7) is 3.52. The molecule has 1 aliphatic heterocycles. The highest BCUT2D eigenvalue weighted by molar-refractivity contribution is 6.07. The smallest absolute Gasteiger partial charge is 0.344 e. The summed E-state index contributed by atoms with van der Waals surface area (Å²) in [6, 6.07) is 17.6. The summed E-state index contributed by atoms with van der Waals surface area (Å²) in [7, 11) is 0. The average Bonchev–Trinajstić information content (AvgIpc) is 3.27. The van der Waals surface area contributed by atoms with E-state index in [0.29, 0.717) is 6.42 Å². The minimum atomic E-state index is -0.990. The van der Waals surface area contributed by atoms with Gasteiger partial charge in [-0.3, -0.25) is 15.0 Å². The van der Waals surface area contributed by atoms with Gasteiger partial charge in [-0.05, 0) is 49.4 Å². The van der Waals surface area contributed by atoms with Gasteiger partial charge >= 0.3 is 6.03 Å². The van der Waals surface area contributed by atoms with Gasteiger partial charge in [-0.2, -0.15) is 5.01 Å². The van der Waals surface area contributed by atoms with Crippen LogP contribution >= 0.6 is 0 Å². The molecule has 0 unspecified atom stereocenters. The van der Waals surface area contributed by atoms with Crippen LogP contribution in [0.4, 0.5) is 10.5 Å². The van der Waals surface area contributed by atoms with Gasteiger partial charge in [0.1, 0.15) is 5.54 Å². The number of nitrogens with one attached hydrogen (secondary N) is 2. The number of anilines is 1. The molecule has 7 heteroatoms. The molecule has 0 radical (unpaired) electrons. The van der Waals surface area contributed by atoms with E-state index >= 15 is 0 Å². The topological polar surface area (TPSA) is 81.8 Å². The van der Waals surface area contributed by atoms with Crippen molar-refractivity contribution in [3.05, 3.63) is 65.7 Å². The Labute approximate surface area is 176 Å². The van der Waals surface area contributed by atoms with Crippen LogP contribution in [-0.2, 0) is 22.4 Å². The number of carbonyl (C=O) groups excluding carboxylic acids is 3. The Morgan fingerprint density at radius 1 is 1.10 bits per heavy atom. The lowest BCUT2D eigenvalue weighted by Crippen LogP contribution is -2.52. The zero-order valence-electron chi connectivity index (χ0n) is 17.2. The zero-order chi connectivity index (χ0) is 21.3. The van der Waals surface area contributed by atoms with Crippen molar-refractivity contribution in [2.45, 2.75) is 44.7 Å². The molecule has 156 valence electrons. The van der Waals surface area contributed by atoms with Crippen LogP contribution < -0.4 is 15.6 Å². The summed E-state index contributed by atoms with van der Waals surface area (Å²) < 4.78 is 0. The normalized spacial score (nSPS) is 20.8. The van der Waals surface area contributed by atoms with Gasteiger partial charge in [0.05, 0.1) is 6.54 Å². The summed E-state index contributed by atoms with van der Waals surface area (Å²) >= 11 is 0. The number of benzene rings is 2. The molecule has 4 amide bonds. The molecule has 1 fully saturated rings. The van der Waals surface area contributed by atoms with Crippen molar-refractivity contribution in [3.8, 4) is 0 Å². The monoisotopic (exact) mass is 406 g/mol. The summed E-state index contributed by atoms with van der Waals surface area (Å²) in [4.78, 5) is 39.7. The highest BCUT2D eigenvalue weighted by Gasteiger charge is 2.47. The Kier molecular flexibility index (Phi) is 5.20. The average molecular weight is 406 g/mol. The van der Waals surface area contributed by atoms with Gasteiger partial charge in [0.2, 0.25) is 0 Å². The van der Waals surface area contributed by atoms with Crippen LogP contribution in [0.2, 0.25) is 0 Å². The largest absolute Gasteiger partial charge is 0.358 e. The van der Waals surface area contributed by atoms with Crippen molar-refractivity contribution in [1.82, 2.24) is 15.8 Å². The number of fused-ring (bicyclic) bond motifs is 1. The van der Waals surface area contributed by atoms with Crippen molar-refractivity contribution in [3.63, 3.8) is 0 Å². The number of carbonyl (C=O) groups is 3. The van der Waals surface area contributed by atoms with Gasteiger partial charge in [-0.15, -0.1) is 0 Å². The van der Waals surface area contributed by atoms with Crippen LogP contribution in [0, 0.1) is 0 Å². The molecular formula is C23H26N4O3. The molecule has 1 atom stereocenters. The minimum Gasteiger partial charge on any atom is -0.358 e. The van der Waals surface area contributed by atoms with Crippen LogP contribution in [0.5, 0.6) is 0 Å². The lowest BCUT2D eigenvalue weighted by atomic mass is 10.00. The minimum absolute atomic E-state index is 0.0442. The number of hydrogen-bond acceptors (Lipinski definition) is 4. The van der Waals surface area contributed by atoms with Gasteiger partial charge in [0.15, 0.2) is 0 Å². The Balaban J connectivity index is 1.51. The maximum atomic E-state index is 12.9. The summed E-state index contributed by atoms with van der Waals surface area (Å²) in [5.74, 6) is -0.846. The van der Waals surface area contributed by atoms with Crippen molar-refractivity contribution in [1.29, 1.82) is 0 Å². The fraction of sp³-hybridized carbons (Fsp3) is 0.348. The molecule has 7 nitrogen and oxygen atoms in total. The second kappa shape index (κ2) is 7.82. The van der Waals surface area contributed by atoms with Crippen LogP contribution in [0.1, 0.15) is 31.4 Å². The van der Waals surface area contributed by atoms with E-state index in [9.17, 15) is 14.4 Å². The van der Waals surface area contributed by atoms with Crippen LogP contribution in [0.15, 0.2) is 54.6 Å². The molecule has 0 saturated carbocycles. The molecule has 4 rings (SSSR count). The number of nitrogens with zero attached hydrogens (tertiary/aromatic N) is 2. The Morgan fingerprint density at radius 3 is 2.27 bits per heavy atom. The maximum Gasteiger partial charge on any atom is 0.344 e. The molecule has 1 heterocycles. The number of rotatable bonds is 6. The summed E-state index contributed by atoms with van der Waals surface area (Å²) in [6.07, 6.45) is 2.13. The number of hydrazine groups is 1. The van der Waals surface area contributed by atoms with E-state index < -0.39 is 23.4 Å². The highest BCUT2D eigenvalue weighted by Crippen LogP contribution is 2.29. The van der Waals surface area contributed by atoms with Crippen molar-refractivity contribution in [2.75, 3.05) is 11.4 Å². The van der Waals surface area contributed by atoms with E-state index in [2.05, 4.69) is 22.9 Å². The van der Waals surface area contributed by atoms with E-state index in [1.807, 2.05) is 54.3 Å². The Bertz CT molecular complexity index is 952. The number of amides is 4. The number of imide groups is 1. The molecule has 0 aromatic heterocycles. The first kappa shape index (κ1) is 19.9. The zero-order valence-corrected chi connectivity index (χ0v) is 17.2. The Hall–Kier alpha value is -3.35. The van der Waals surface area contributed by atoms with Crippen molar-refractivity contribution >= 4 is 23.5 Å². The quantitative estimate of drug-likeness (QED) is 0.722. The predicted molar refractivity (Wildman–Crippen MR) is 114 cm³/mol. The molecule has 0 bridgehead atoms. The second-order valence-corrected chi connectivity index (χ2v) is 8.09. The predicted octanol–water partition coefficient (Wildman–Crippen LogP) is 2.41. The first-order valence-electron chi connectivity index (χ1n) is 10.3. The number of para-hydroxylation sites is 1. The van der Waals surface area contributed by atoms with E-state index in [4.69, 9.17) is 0 Å². The van der Waals surface area contributed by atoms with E-state index in [0.717, 1.165) is 23.5 Å². The van der Waals surface area contributed by atoms with Crippen molar-refractivity contribution < 1.29 is 14.4 Å². The molecule has 2 aliphatic rings. The van der Waals surface area contributed by atoms with E-state index in [-0.39, 0.29) is 12.6 Å². The van der Waals surface area contributed by atoms with Gasteiger partial charge in [-0.1, -0.05) is 49.4 Å². The molecule has 2 aromatic carbocycles. The first-order chi connectivity index (χ1) is 14.4. The third-order valence-electron chi connectivity index (χ3n) is 6.08. The fourth-order valence-corrected chi connectivity index (χ4v) is 4.15. The summed E-state index contributed by atoms with van der Waals surface area (Å²) in [5, 5.41) is 3.45. The van der Waals surface area contributed by atoms with Gasteiger partial charge < -0.3 is 10.2 Å². The number of hydrogen-bond donors (Lipinski definition) is 2. The third kappa shape index (κ3) is 3.63. The lowest BCUT2D eigenvalue weighted by Gasteiger charge is -2.31. The molecule has 30 heavy (non-hydrogen) atoms. The Morgan fingerprint density at radius 2 is 1.70 bits per heavy atom. The molecule has 2 N–H and O–H groups in total. The van der Waals surface area contributed by atoms with Crippen LogP contribution in [-0.4, -0.2) is 41.0 Å². The standard InChI is InChI=1S/C23H26N4O3/c1-3-23(2)21(29)27(22(30)24-23)25-20(28)15-26(18-11-5-4-6-12-18)19-13-16-9-7-8-10-17(16)14-19/h4-12,19H,3,13-15H2,1-2H3,(H,24,30)(H,25,28)/t23-/m0/s1. The molecule has 0 spiro atoms. The molecule has 2 aromatic rings. The molecule has 1 aliphatic carbocycles. The molecular weight excluding hydrogens is 380 g/mol. The highest BCUT2D eigenvalue weighted by atomic mass is 16.2. The first-order valence-corrected chi connectivity index (χ1v) is 10.3. The van der Waals surface area contributed by atoms with Gasteiger partial charge in [0.25, 0.3) is 11.8 Å². The van der Waals surface area contributed by atoms with Crippen molar-refractivity contribution in [2.24, 2.45) is 0 Å². The van der Waals surface area contributed by atoms with E-state index in [1.54, 1.807) is 6.92 Å². The van der Waals surface area contributed by atoms with Crippen LogP contribution in [0.3, 0.4) is 0 Å². The lowest BCUT2D eigenvalue weighted by molar-refractivity contribution is -0.138. The molecule has 1 saturated heterocycles. The number of urea groups is 1. The third-order valence-corrected chi connectivity index (χ3v) is 6.08. The summed E-state index contributed by atoms with van der Waals surface area (Å²) in [5.41, 5.74) is 5.02. The maximum absolute atomic E-state index is 12.9. The SMILES string of the molecule is CC[C@]1(C)NC(=O)N(NC(=O)CN(c2ccccc2)C2Cc3ccccc3C2)C1=O. The van der Waals surface area contributed by atoms with Gasteiger partial charge in [-0.25, -0.2) is 4.79 Å². The van der Waals surface area contributed by atoms with E-state index in [1.165, 1.54) is 11.1 Å². The van der Waals surface area contributed by atoms with Gasteiger partial charge in [0, 0.05) is 11.7 Å².